The topological polar surface area (TPSA) is 82.6 Å². The van der Waals surface area contributed by atoms with Crippen molar-refractivity contribution >= 4 is 40.0 Å². The molecular formula is C28H22ClFN2O4. The van der Waals surface area contributed by atoms with Crippen LogP contribution in [-0.4, -0.2) is 33.8 Å². The lowest BCUT2D eigenvalue weighted by Gasteiger charge is -2.26. The van der Waals surface area contributed by atoms with Crippen molar-refractivity contribution < 1.29 is 23.8 Å². The Labute approximate surface area is 211 Å². The average molecular weight is 505 g/mol. The predicted molar refractivity (Wildman–Crippen MR) is 135 cm³/mol. The lowest BCUT2D eigenvalue weighted by molar-refractivity contribution is -0.140. The van der Waals surface area contributed by atoms with Crippen LogP contribution in [0.1, 0.15) is 28.4 Å². The Balaban J connectivity index is 1.75. The van der Waals surface area contributed by atoms with Gasteiger partial charge in [-0.25, -0.2) is 4.39 Å². The number of fused-ring (bicyclic) bond motifs is 1. The van der Waals surface area contributed by atoms with Crippen molar-refractivity contribution in [1.82, 2.24) is 9.88 Å². The third-order valence-corrected chi connectivity index (χ3v) is 6.78. The maximum atomic E-state index is 13.5. The minimum absolute atomic E-state index is 0.0388. The maximum absolute atomic E-state index is 13.5. The van der Waals surface area contributed by atoms with Gasteiger partial charge in [0.05, 0.1) is 23.7 Å². The molecule has 0 bridgehead atoms. The summed E-state index contributed by atoms with van der Waals surface area (Å²) >= 11 is 6.39. The minimum Gasteiger partial charge on any atom is -0.507 e. The van der Waals surface area contributed by atoms with Gasteiger partial charge in [-0.3, -0.25) is 9.59 Å². The zero-order valence-electron chi connectivity index (χ0n) is 19.5. The number of ketones is 1. The van der Waals surface area contributed by atoms with Crippen LogP contribution in [0.3, 0.4) is 0 Å². The Morgan fingerprint density at radius 1 is 1.11 bits per heavy atom. The van der Waals surface area contributed by atoms with E-state index in [-0.39, 0.29) is 22.7 Å². The number of H-pyrrole nitrogens is 1. The number of carbonyl (C=O) groups is 2. The molecule has 1 aliphatic heterocycles. The molecular weight excluding hydrogens is 483 g/mol. The van der Waals surface area contributed by atoms with E-state index >= 15 is 0 Å². The van der Waals surface area contributed by atoms with Gasteiger partial charge in [-0.1, -0.05) is 41.9 Å². The molecule has 1 atom stereocenters. The number of likely N-dealkylation sites (tertiary alicyclic amines) is 1. The van der Waals surface area contributed by atoms with E-state index in [9.17, 15) is 19.1 Å². The number of rotatable bonds is 5. The summed E-state index contributed by atoms with van der Waals surface area (Å²) in [5.74, 6) is -1.97. The Morgan fingerprint density at radius 2 is 1.83 bits per heavy atom. The molecule has 182 valence electrons. The average Bonchev–Trinajstić information content (AvgIpc) is 3.33. The summed E-state index contributed by atoms with van der Waals surface area (Å²) in [5, 5.41) is 12.5. The van der Waals surface area contributed by atoms with E-state index < -0.39 is 29.3 Å². The molecule has 0 saturated carbocycles. The fraction of sp³-hybridized carbons (Fsp3) is 0.143. The van der Waals surface area contributed by atoms with Gasteiger partial charge in [-0.2, -0.15) is 0 Å². The number of aliphatic hydroxyl groups excluding tert-OH is 1. The van der Waals surface area contributed by atoms with Crippen LogP contribution in [0.2, 0.25) is 5.02 Å². The van der Waals surface area contributed by atoms with Gasteiger partial charge in [0.25, 0.3) is 11.7 Å². The number of nitrogens with zero attached hydrogens (tertiary/aromatic N) is 1. The third kappa shape index (κ3) is 3.91. The molecule has 1 aliphatic rings. The van der Waals surface area contributed by atoms with Gasteiger partial charge in [0.1, 0.15) is 17.3 Å². The Bertz CT molecular complexity index is 1540. The summed E-state index contributed by atoms with van der Waals surface area (Å²) in [5.41, 5.74) is 3.00. The van der Waals surface area contributed by atoms with Crippen LogP contribution < -0.4 is 4.74 Å². The van der Waals surface area contributed by atoms with E-state index in [1.807, 2.05) is 31.2 Å². The lowest BCUT2D eigenvalue weighted by Crippen LogP contribution is -2.29. The van der Waals surface area contributed by atoms with Crippen LogP contribution in [0.4, 0.5) is 4.39 Å². The van der Waals surface area contributed by atoms with Crippen LogP contribution in [-0.2, 0) is 16.1 Å². The summed E-state index contributed by atoms with van der Waals surface area (Å²) in [7, 11) is 1.48. The molecule has 1 unspecified atom stereocenters. The molecule has 0 aliphatic carbocycles. The van der Waals surface area contributed by atoms with Crippen molar-refractivity contribution in [2.24, 2.45) is 0 Å². The molecule has 36 heavy (non-hydrogen) atoms. The van der Waals surface area contributed by atoms with E-state index in [0.29, 0.717) is 16.9 Å². The minimum atomic E-state index is -0.909. The van der Waals surface area contributed by atoms with Crippen LogP contribution in [0, 0.1) is 12.7 Å². The highest BCUT2D eigenvalue weighted by molar-refractivity contribution is 6.47. The van der Waals surface area contributed by atoms with E-state index in [1.54, 1.807) is 24.3 Å². The third-order valence-electron chi connectivity index (χ3n) is 6.45. The second-order valence-electron chi connectivity index (χ2n) is 8.61. The first-order chi connectivity index (χ1) is 17.3. The number of amides is 1. The standard InChI is InChI=1S/C28H22ClFN2O4/c1-15-23(19-5-3-4-6-22(19)31-15)25-24(26(33)20-13-18(36-2)11-12-21(20)29)27(34)28(35)32(25)14-16-7-9-17(30)10-8-16/h3-13,25,31,33H,14H2,1-2H3/b26-24+. The van der Waals surface area contributed by atoms with Crippen molar-refractivity contribution in [2.45, 2.75) is 19.5 Å². The number of aliphatic hydroxyl groups is 1. The number of methoxy groups -OCH3 is 1. The number of aromatic nitrogens is 1. The van der Waals surface area contributed by atoms with E-state index in [4.69, 9.17) is 16.3 Å². The van der Waals surface area contributed by atoms with E-state index in [2.05, 4.69) is 4.98 Å². The number of hydrogen-bond donors (Lipinski definition) is 2. The van der Waals surface area contributed by atoms with E-state index in [0.717, 1.165) is 16.6 Å². The van der Waals surface area contributed by atoms with Gasteiger partial charge in [-0.15, -0.1) is 0 Å². The summed E-state index contributed by atoms with van der Waals surface area (Å²) in [6, 6.07) is 17.1. The number of carbonyl (C=O) groups excluding carboxylic acids is 2. The monoisotopic (exact) mass is 504 g/mol. The number of benzene rings is 3. The molecule has 4 aromatic rings. The highest BCUT2D eigenvalue weighted by atomic mass is 35.5. The fourth-order valence-electron chi connectivity index (χ4n) is 4.74. The number of aromatic amines is 1. The van der Waals surface area contributed by atoms with Gasteiger partial charge in [0.2, 0.25) is 0 Å². The molecule has 1 aromatic heterocycles. The van der Waals surface area contributed by atoms with Crippen LogP contribution in [0.5, 0.6) is 5.75 Å². The van der Waals surface area contributed by atoms with Crippen molar-refractivity contribution in [2.75, 3.05) is 7.11 Å². The summed E-state index contributed by atoms with van der Waals surface area (Å²) < 4.78 is 18.8. The van der Waals surface area contributed by atoms with Crippen molar-refractivity contribution in [3.05, 3.63) is 106 Å². The van der Waals surface area contributed by atoms with Gasteiger partial charge in [-0.05, 0) is 48.9 Å². The number of aryl methyl sites for hydroxylation is 1. The second-order valence-corrected chi connectivity index (χ2v) is 9.02. The Kier molecular flexibility index (Phi) is 6.02. The van der Waals surface area contributed by atoms with Crippen LogP contribution in [0.25, 0.3) is 16.7 Å². The first kappa shape index (κ1) is 23.6. The number of Topliss-reactive ketones (excluding diaryl/α,β-unsaturated/α-hetero) is 1. The number of para-hydroxylation sites is 1. The van der Waals surface area contributed by atoms with Gasteiger partial charge in [0, 0.05) is 34.3 Å². The molecule has 2 heterocycles. The number of ether oxygens (including phenoxy) is 1. The summed E-state index contributed by atoms with van der Waals surface area (Å²) in [6.07, 6.45) is 0. The van der Waals surface area contributed by atoms with Crippen molar-refractivity contribution in [1.29, 1.82) is 0 Å². The molecule has 8 heteroatoms. The molecule has 0 spiro atoms. The fourth-order valence-corrected chi connectivity index (χ4v) is 4.95. The molecule has 3 aromatic carbocycles. The smallest absolute Gasteiger partial charge is 0.295 e. The molecule has 1 saturated heterocycles. The predicted octanol–water partition coefficient (Wildman–Crippen LogP) is 5.90. The lowest BCUT2D eigenvalue weighted by atomic mass is 9.93. The molecule has 0 radical (unpaired) electrons. The summed E-state index contributed by atoms with van der Waals surface area (Å²) in [4.78, 5) is 31.5. The Hall–Kier alpha value is -4.10. The molecule has 6 nitrogen and oxygen atoms in total. The van der Waals surface area contributed by atoms with Crippen LogP contribution in [0.15, 0.2) is 72.3 Å². The molecule has 1 amide bonds. The normalized spacial score (nSPS) is 17.2. The number of hydrogen-bond acceptors (Lipinski definition) is 4. The highest BCUT2D eigenvalue weighted by Gasteiger charge is 2.47. The van der Waals surface area contributed by atoms with E-state index in [1.165, 1.54) is 30.2 Å². The maximum Gasteiger partial charge on any atom is 0.295 e. The zero-order valence-corrected chi connectivity index (χ0v) is 20.3. The van der Waals surface area contributed by atoms with Crippen molar-refractivity contribution in [3.63, 3.8) is 0 Å². The zero-order chi connectivity index (χ0) is 25.6. The second kappa shape index (κ2) is 9.17. The molecule has 1 fully saturated rings. The summed E-state index contributed by atoms with van der Waals surface area (Å²) in [6.45, 7) is 1.89. The van der Waals surface area contributed by atoms with Crippen molar-refractivity contribution in [3.8, 4) is 5.75 Å². The van der Waals surface area contributed by atoms with Gasteiger partial charge in [0.15, 0.2) is 0 Å². The highest BCUT2D eigenvalue weighted by Crippen LogP contribution is 2.45. The van der Waals surface area contributed by atoms with Gasteiger partial charge < -0.3 is 19.7 Å². The largest absolute Gasteiger partial charge is 0.507 e. The quantitative estimate of drug-likeness (QED) is 0.201. The first-order valence-electron chi connectivity index (χ1n) is 11.2. The first-order valence-corrected chi connectivity index (χ1v) is 11.6. The van der Waals surface area contributed by atoms with Gasteiger partial charge >= 0.3 is 0 Å². The molecule has 5 rings (SSSR count). The number of halogens is 2. The number of nitrogens with one attached hydrogen (secondary N) is 1. The van der Waals surface area contributed by atoms with Crippen LogP contribution >= 0.6 is 11.6 Å². The SMILES string of the molecule is COc1ccc(Cl)c(/C(O)=C2\C(=O)C(=O)N(Cc3ccc(F)cc3)C2c2c(C)[nH]c3ccccc23)c1. The Morgan fingerprint density at radius 3 is 2.56 bits per heavy atom. The molecule has 2 N–H and O–H groups in total.